The summed E-state index contributed by atoms with van der Waals surface area (Å²) in [6, 6.07) is 38.3. The van der Waals surface area contributed by atoms with E-state index in [9.17, 15) is 0 Å². The average Bonchev–Trinajstić information content (AvgIpc) is 3.80. The van der Waals surface area contributed by atoms with E-state index in [0.29, 0.717) is 0 Å². The minimum atomic E-state index is -0.0860. The number of hydrogen-bond acceptors (Lipinski definition) is 4. The first kappa shape index (κ1) is 42.4. The van der Waals surface area contributed by atoms with Crippen molar-refractivity contribution < 1.29 is 4.42 Å². The second kappa shape index (κ2) is 13.7. The number of thiophene rings is 1. The molecule has 0 spiro atoms. The van der Waals surface area contributed by atoms with Crippen molar-refractivity contribution in [3.8, 4) is 0 Å². The number of hydrogen-bond donors (Lipinski definition) is 0. The molecule has 0 unspecified atom stereocenters. The van der Waals surface area contributed by atoms with Crippen molar-refractivity contribution in [2.45, 2.75) is 144 Å². The lowest BCUT2D eigenvalue weighted by Crippen LogP contribution is -2.60. The molecule has 2 aliphatic heterocycles. The zero-order valence-electron chi connectivity index (χ0n) is 41.4. The van der Waals surface area contributed by atoms with Gasteiger partial charge in [0.25, 0.3) is 6.71 Å². The summed E-state index contributed by atoms with van der Waals surface area (Å²) in [7, 11) is 0. The van der Waals surface area contributed by atoms with Crippen LogP contribution < -0.4 is 25.5 Å². The molecule has 0 saturated heterocycles. The molecule has 1 aliphatic carbocycles. The number of para-hydroxylation sites is 1. The first-order valence-corrected chi connectivity index (χ1v) is 24.8. The van der Waals surface area contributed by atoms with Crippen molar-refractivity contribution >= 4 is 99.9 Å². The number of aryl methyl sites for hydroxylation is 2. The number of furan rings is 1. The maximum absolute atomic E-state index is 7.41. The molecule has 6 aromatic carbocycles. The number of fused-ring (bicyclic) bond motifs is 11. The molecular formula is C60H65BN2OS. The van der Waals surface area contributed by atoms with Crippen LogP contribution in [-0.2, 0) is 27.1 Å². The quantitative estimate of drug-likeness (QED) is 0.161. The maximum Gasteiger partial charge on any atom is 0.264 e. The second-order valence-corrected chi connectivity index (χ2v) is 25.3. The number of anilines is 6. The molecule has 65 heavy (non-hydrogen) atoms. The Balaban J connectivity index is 1.29. The van der Waals surface area contributed by atoms with E-state index in [1.54, 1.807) is 0 Å². The minimum Gasteiger partial charge on any atom is -0.454 e. The van der Waals surface area contributed by atoms with Crippen molar-refractivity contribution in [3.05, 3.63) is 136 Å². The smallest absolute Gasteiger partial charge is 0.264 e. The molecule has 0 radical (unpaired) electrons. The molecule has 0 bridgehead atoms. The maximum atomic E-state index is 7.41. The fraction of sp³-hybridized carbons (Fsp3) is 0.367. The third-order valence-corrected chi connectivity index (χ3v) is 16.7. The van der Waals surface area contributed by atoms with Gasteiger partial charge < -0.3 is 14.2 Å². The van der Waals surface area contributed by atoms with Crippen LogP contribution in [0.15, 0.2) is 101 Å². The standard InChI is InChI=1S/C60H65BN2OS/c1-34-29-47-50-48(30-34)63(46-26-21-37(31-35(46)2)57(6,7)8)52-45(25-24-40-39-17-16-18-42(58(9,10)11)53(39)64-54(40)52)61(50)55-51(62(47)38-22-19-36(20-23-38)56(3,4)5)41-32-43-44(33-49(41)65-55)60(14,15)28-27-59(43,12)13/h16-26,29-33H,27-28H2,1-15H3. The lowest BCUT2D eigenvalue weighted by molar-refractivity contribution is 0.332. The Labute approximate surface area is 391 Å². The summed E-state index contributed by atoms with van der Waals surface area (Å²) < 4.78 is 10.2. The molecule has 0 fully saturated rings. The van der Waals surface area contributed by atoms with Gasteiger partial charge in [0.1, 0.15) is 5.58 Å². The Kier molecular flexibility index (Phi) is 8.91. The minimum absolute atomic E-state index is 0.00347. The van der Waals surface area contributed by atoms with Gasteiger partial charge in [-0.2, -0.15) is 0 Å². The molecule has 0 amide bonds. The van der Waals surface area contributed by atoms with Crippen molar-refractivity contribution in [3.63, 3.8) is 0 Å². The topological polar surface area (TPSA) is 19.6 Å². The van der Waals surface area contributed by atoms with E-state index < -0.39 is 0 Å². The Morgan fingerprint density at radius 3 is 1.82 bits per heavy atom. The lowest BCUT2D eigenvalue weighted by atomic mass is 9.36. The summed E-state index contributed by atoms with van der Waals surface area (Å²) in [6.45, 7) is 35.2. The van der Waals surface area contributed by atoms with Gasteiger partial charge >= 0.3 is 0 Å². The Hall–Kier alpha value is -5.26. The average molecular weight is 873 g/mol. The summed E-state index contributed by atoms with van der Waals surface area (Å²) in [6.07, 6.45) is 2.37. The third-order valence-electron chi connectivity index (χ3n) is 15.5. The lowest BCUT2D eigenvalue weighted by Gasteiger charge is -2.44. The van der Waals surface area contributed by atoms with Crippen molar-refractivity contribution in [2.75, 3.05) is 9.80 Å². The van der Waals surface area contributed by atoms with Gasteiger partial charge in [-0.05, 0) is 141 Å². The molecule has 0 N–H and O–H groups in total. The van der Waals surface area contributed by atoms with Crippen LogP contribution >= 0.6 is 11.3 Å². The van der Waals surface area contributed by atoms with Crippen LogP contribution in [0.5, 0.6) is 0 Å². The monoisotopic (exact) mass is 872 g/mol. The first-order valence-electron chi connectivity index (χ1n) is 24.0. The van der Waals surface area contributed by atoms with Gasteiger partial charge in [0.05, 0.1) is 11.4 Å². The summed E-state index contributed by atoms with van der Waals surface area (Å²) in [5, 5.41) is 3.71. The predicted octanol–water partition coefficient (Wildman–Crippen LogP) is 15.7. The van der Waals surface area contributed by atoms with Gasteiger partial charge in [-0.25, -0.2) is 0 Å². The Morgan fingerprint density at radius 1 is 0.569 bits per heavy atom. The van der Waals surface area contributed by atoms with E-state index in [4.69, 9.17) is 4.42 Å². The van der Waals surface area contributed by atoms with Crippen molar-refractivity contribution in [1.82, 2.24) is 0 Å². The van der Waals surface area contributed by atoms with Crippen LogP contribution in [0.4, 0.5) is 34.1 Å². The van der Waals surface area contributed by atoms with Gasteiger partial charge in [-0.3, -0.25) is 0 Å². The van der Waals surface area contributed by atoms with E-state index in [-0.39, 0.29) is 33.8 Å². The fourth-order valence-corrected chi connectivity index (χ4v) is 12.9. The highest BCUT2D eigenvalue weighted by molar-refractivity contribution is 7.33. The molecule has 2 aromatic heterocycles. The van der Waals surface area contributed by atoms with E-state index in [0.717, 1.165) is 16.9 Å². The Morgan fingerprint density at radius 2 is 1.18 bits per heavy atom. The van der Waals surface area contributed by atoms with E-state index in [1.807, 2.05) is 11.3 Å². The van der Waals surface area contributed by atoms with Gasteiger partial charge in [0.15, 0.2) is 5.58 Å². The highest BCUT2D eigenvalue weighted by Crippen LogP contribution is 2.54. The summed E-state index contributed by atoms with van der Waals surface area (Å²) in [5.41, 5.74) is 21.6. The zero-order chi connectivity index (χ0) is 46.1. The highest BCUT2D eigenvalue weighted by Gasteiger charge is 2.48. The predicted molar refractivity (Wildman–Crippen MR) is 284 cm³/mol. The summed E-state index contributed by atoms with van der Waals surface area (Å²) >= 11 is 2.02. The van der Waals surface area contributed by atoms with Crippen LogP contribution in [0.25, 0.3) is 32.0 Å². The van der Waals surface area contributed by atoms with Crippen LogP contribution in [0.2, 0.25) is 0 Å². The summed E-state index contributed by atoms with van der Waals surface area (Å²) in [4.78, 5) is 5.23. The van der Waals surface area contributed by atoms with Gasteiger partial charge in [-0.15, -0.1) is 11.3 Å². The van der Waals surface area contributed by atoms with Gasteiger partial charge in [-0.1, -0.05) is 145 Å². The number of benzene rings is 6. The van der Waals surface area contributed by atoms with E-state index in [2.05, 4.69) is 211 Å². The second-order valence-electron chi connectivity index (χ2n) is 24.3. The van der Waals surface area contributed by atoms with E-state index >= 15 is 0 Å². The zero-order valence-corrected chi connectivity index (χ0v) is 42.3. The van der Waals surface area contributed by atoms with Gasteiger partial charge in [0, 0.05) is 53.9 Å². The largest absolute Gasteiger partial charge is 0.454 e. The van der Waals surface area contributed by atoms with Crippen LogP contribution in [0.3, 0.4) is 0 Å². The van der Waals surface area contributed by atoms with Gasteiger partial charge in [0.2, 0.25) is 0 Å². The first-order chi connectivity index (χ1) is 30.4. The highest BCUT2D eigenvalue weighted by atomic mass is 32.1. The molecule has 0 saturated carbocycles. The normalized spacial score (nSPS) is 16.6. The summed E-state index contributed by atoms with van der Waals surface area (Å²) in [5.74, 6) is 0. The van der Waals surface area contributed by atoms with E-state index in [1.165, 1.54) is 117 Å². The Bertz CT molecular complexity index is 3300. The number of nitrogens with zero attached hydrogens (tertiary/aromatic N) is 2. The molecule has 3 aliphatic rings. The SMILES string of the molecule is Cc1cc2c3c(c1)N(c1ccc(C(C)(C)C)cc1C)c1c(ccc4c1oc1c(C(C)(C)C)cccc14)B3c1sc3cc4c(cc3c1N2c1ccc(C(C)(C)C)cc1)C(C)(C)CCC4(C)C. The molecule has 3 nitrogen and oxygen atoms in total. The molecule has 4 heterocycles. The molecule has 11 rings (SSSR count). The number of rotatable bonds is 2. The molecular weight excluding hydrogens is 808 g/mol. The van der Waals surface area contributed by atoms with Crippen molar-refractivity contribution in [2.24, 2.45) is 0 Å². The molecule has 330 valence electrons. The fourth-order valence-electron chi connectivity index (χ4n) is 11.6. The van der Waals surface area contributed by atoms with Crippen LogP contribution in [-0.4, -0.2) is 6.71 Å². The molecule has 8 aromatic rings. The molecule has 0 atom stereocenters. The third kappa shape index (κ3) is 6.27. The van der Waals surface area contributed by atoms with Crippen LogP contribution in [0.1, 0.15) is 142 Å². The molecule has 5 heteroatoms. The van der Waals surface area contributed by atoms with Crippen molar-refractivity contribution in [1.29, 1.82) is 0 Å². The van der Waals surface area contributed by atoms with Crippen LogP contribution in [0, 0.1) is 13.8 Å².